The van der Waals surface area contributed by atoms with Crippen LogP contribution in [0.15, 0.2) is 60.0 Å². The number of hydrogen-bond donors (Lipinski definition) is 1. The van der Waals surface area contributed by atoms with Crippen molar-refractivity contribution in [3.63, 3.8) is 0 Å². The molecule has 0 saturated heterocycles. The molecule has 0 radical (unpaired) electrons. The molecule has 1 unspecified atom stereocenters. The predicted octanol–water partition coefficient (Wildman–Crippen LogP) is 3.00. The molecule has 3 rings (SSSR count). The van der Waals surface area contributed by atoms with Crippen molar-refractivity contribution in [2.45, 2.75) is 31.6 Å². The highest BCUT2D eigenvalue weighted by Gasteiger charge is 2.14. The van der Waals surface area contributed by atoms with Gasteiger partial charge in [0.1, 0.15) is 5.82 Å². The topological polar surface area (TPSA) is 72.7 Å². The molecule has 0 aliphatic rings. The lowest BCUT2D eigenvalue weighted by atomic mass is 10.1. The Morgan fingerprint density at radius 1 is 1.15 bits per heavy atom. The molecule has 0 bridgehead atoms. The van der Waals surface area contributed by atoms with Gasteiger partial charge in [0.2, 0.25) is 5.91 Å². The van der Waals surface area contributed by atoms with Gasteiger partial charge < -0.3 is 9.88 Å². The maximum Gasteiger partial charge on any atom is 0.230 e. The Hall–Kier alpha value is -2.67. The number of benzene rings is 1. The van der Waals surface area contributed by atoms with Crippen molar-refractivity contribution in [2.24, 2.45) is 0 Å². The first-order valence-corrected chi connectivity index (χ1v) is 9.38. The number of carbonyl (C=O) groups excluding carboxylic acids is 1. The van der Waals surface area contributed by atoms with Crippen molar-refractivity contribution in [3.8, 4) is 0 Å². The summed E-state index contributed by atoms with van der Waals surface area (Å²) in [4.78, 5) is 16.3. The summed E-state index contributed by atoms with van der Waals surface area (Å²) in [5.41, 5.74) is 2.20. The number of amides is 1. The molecule has 0 saturated carbocycles. The molecule has 3 aromatic rings. The molecule has 1 aromatic carbocycles. The van der Waals surface area contributed by atoms with Crippen molar-refractivity contribution < 1.29 is 4.79 Å². The van der Waals surface area contributed by atoms with Crippen LogP contribution in [0.3, 0.4) is 0 Å². The highest BCUT2D eigenvalue weighted by atomic mass is 32.2. The smallest absolute Gasteiger partial charge is 0.230 e. The number of thioether (sulfide) groups is 1. The van der Waals surface area contributed by atoms with E-state index in [0.717, 1.165) is 16.5 Å². The van der Waals surface area contributed by atoms with Crippen LogP contribution in [0.1, 0.15) is 29.9 Å². The third-order valence-corrected chi connectivity index (χ3v) is 4.97. The third kappa shape index (κ3) is 4.70. The second-order valence-electron chi connectivity index (χ2n) is 5.96. The highest BCUT2D eigenvalue weighted by Crippen LogP contribution is 2.19. The van der Waals surface area contributed by atoms with E-state index >= 15 is 0 Å². The number of aryl methyl sites for hydroxylation is 1. The number of hydrogen-bond acceptors (Lipinski definition) is 5. The van der Waals surface area contributed by atoms with E-state index in [1.54, 1.807) is 12.4 Å². The molecular weight excluding hydrogens is 346 g/mol. The Morgan fingerprint density at radius 2 is 1.88 bits per heavy atom. The molecule has 7 heteroatoms. The summed E-state index contributed by atoms with van der Waals surface area (Å²) in [5, 5.41) is 12.1. The fourth-order valence-corrected chi connectivity index (χ4v) is 3.36. The molecule has 0 aliphatic carbocycles. The quantitative estimate of drug-likeness (QED) is 0.650. The van der Waals surface area contributed by atoms with Crippen molar-refractivity contribution in [1.82, 2.24) is 25.1 Å². The Balaban J connectivity index is 1.59. The molecular formula is C19H21N5OS. The van der Waals surface area contributed by atoms with Gasteiger partial charge in [0, 0.05) is 12.4 Å². The Bertz CT molecular complexity index is 851. The van der Waals surface area contributed by atoms with E-state index in [2.05, 4.69) is 32.6 Å². The average Bonchev–Trinajstić information content (AvgIpc) is 3.01. The van der Waals surface area contributed by atoms with Crippen LogP contribution in [0.5, 0.6) is 0 Å². The van der Waals surface area contributed by atoms with Crippen molar-refractivity contribution >= 4 is 17.7 Å². The van der Waals surface area contributed by atoms with Gasteiger partial charge in [-0.15, -0.1) is 10.2 Å². The summed E-state index contributed by atoms with van der Waals surface area (Å²) in [6.07, 6.45) is 3.45. The summed E-state index contributed by atoms with van der Waals surface area (Å²) in [6, 6.07) is 13.9. The number of rotatable bonds is 7. The van der Waals surface area contributed by atoms with Crippen molar-refractivity contribution in [1.29, 1.82) is 0 Å². The molecule has 0 aliphatic heterocycles. The Kier molecular flexibility index (Phi) is 6.01. The van der Waals surface area contributed by atoms with Gasteiger partial charge in [0.05, 0.1) is 18.3 Å². The summed E-state index contributed by atoms with van der Waals surface area (Å²) in [7, 11) is 0. The predicted molar refractivity (Wildman–Crippen MR) is 102 cm³/mol. The summed E-state index contributed by atoms with van der Waals surface area (Å²) < 4.78 is 2.03. The maximum atomic E-state index is 12.3. The van der Waals surface area contributed by atoms with Gasteiger partial charge in [-0.25, -0.2) is 0 Å². The first-order chi connectivity index (χ1) is 12.6. The van der Waals surface area contributed by atoms with Crippen LogP contribution in [0.2, 0.25) is 0 Å². The number of nitrogens with zero attached hydrogens (tertiary/aromatic N) is 4. The zero-order valence-electron chi connectivity index (χ0n) is 14.8. The van der Waals surface area contributed by atoms with E-state index in [4.69, 9.17) is 0 Å². The van der Waals surface area contributed by atoms with Gasteiger partial charge in [-0.1, -0.05) is 42.1 Å². The molecule has 1 amide bonds. The van der Waals surface area contributed by atoms with Crippen LogP contribution in [0.4, 0.5) is 0 Å². The number of pyridine rings is 1. The van der Waals surface area contributed by atoms with Gasteiger partial charge in [-0.3, -0.25) is 9.78 Å². The minimum absolute atomic E-state index is 0.0359. The summed E-state index contributed by atoms with van der Waals surface area (Å²) in [5.74, 6) is 1.09. The van der Waals surface area contributed by atoms with Crippen LogP contribution in [-0.4, -0.2) is 31.4 Å². The number of nitrogens with one attached hydrogen (secondary N) is 1. The van der Waals surface area contributed by atoms with Gasteiger partial charge in [-0.05, 0) is 37.1 Å². The SMILES string of the molecule is Cc1nnc(SCC(=O)NC(C)c2ccncc2)n1Cc1ccccc1. The van der Waals surface area contributed by atoms with Crippen molar-refractivity contribution in [2.75, 3.05) is 5.75 Å². The van der Waals surface area contributed by atoms with E-state index in [-0.39, 0.29) is 11.9 Å². The van der Waals surface area contributed by atoms with Crippen LogP contribution < -0.4 is 5.32 Å². The molecule has 1 N–H and O–H groups in total. The lowest BCUT2D eigenvalue weighted by Crippen LogP contribution is -2.28. The molecule has 0 fully saturated rings. The first-order valence-electron chi connectivity index (χ1n) is 8.39. The van der Waals surface area contributed by atoms with Crippen LogP contribution in [0, 0.1) is 6.92 Å². The van der Waals surface area contributed by atoms with Gasteiger partial charge >= 0.3 is 0 Å². The molecule has 2 aromatic heterocycles. The van der Waals surface area contributed by atoms with E-state index in [9.17, 15) is 4.79 Å². The molecule has 134 valence electrons. The second-order valence-corrected chi connectivity index (χ2v) is 6.90. The minimum atomic E-state index is -0.0602. The van der Waals surface area contributed by atoms with Gasteiger partial charge in [0.25, 0.3) is 0 Å². The zero-order valence-corrected chi connectivity index (χ0v) is 15.6. The molecule has 0 spiro atoms. The lowest BCUT2D eigenvalue weighted by molar-refractivity contribution is -0.119. The Labute approximate surface area is 157 Å². The lowest BCUT2D eigenvalue weighted by Gasteiger charge is -2.14. The second kappa shape index (κ2) is 8.62. The van der Waals surface area contributed by atoms with Gasteiger partial charge in [-0.2, -0.15) is 0 Å². The highest BCUT2D eigenvalue weighted by molar-refractivity contribution is 7.99. The maximum absolute atomic E-state index is 12.3. The van der Waals surface area contributed by atoms with Crippen LogP contribution in [-0.2, 0) is 11.3 Å². The van der Waals surface area contributed by atoms with E-state index in [1.165, 1.54) is 17.3 Å². The third-order valence-electron chi connectivity index (χ3n) is 4.00. The summed E-state index contributed by atoms with van der Waals surface area (Å²) in [6.45, 7) is 4.57. The average molecular weight is 367 g/mol. The van der Waals surface area contributed by atoms with Crippen molar-refractivity contribution in [3.05, 3.63) is 71.8 Å². The fraction of sp³-hybridized carbons (Fsp3) is 0.263. The largest absolute Gasteiger partial charge is 0.349 e. The zero-order chi connectivity index (χ0) is 18.4. The van der Waals surface area contributed by atoms with E-state index < -0.39 is 0 Å². The molecule has 26 heavy (non-hydrogen) atoms. The van der Waals surface area contributed by atoms with Crippen LogP contribution >= 0.6 is 11.8 Å². The van der Waals surface area contributed by atoms with Crippen LogP contribution in [0.25, 0.3) is 0 Å². The van der Waals surface area contributed by atoms with E-state index in [1.807, 2.05) is 48.7 Å². The number of aromatic nitrogens is 4. The Morgan fingerprint density at radius 3 is 2.62 bits per heavy atom. The minimum Gasteiger partial charge on any atom is -0.349 e. The van der Waals surface area contributed by atoms with E-state index in [0.29, 0.717) is 12.3 Å². The molecule has 6 nitrogen and oxygen atoms in total. The fourth-order valence-electron chi connectivity index (χ4n) is 2.57. The summed E-state index contributed by atoms with van der Waals surface area (Å²) >= 11 is 1.40. The number of carbonyl (C=O) groups is 1. The monoisotopic (exact) mass is 367 g/mol. The normalized spacial score (nSPS) is 11.9. The first kappa shape index (κ1) is 18.1. The molecule has 1 atom stereocenters. The van der Waals surface area contributed by atoms with Gasteiger partial charge in [0.15, 0.2) is 5.16 Å². The molecule has 2 heterocycles. The standard InChI is InChI=1S/C19H21N5OS/c1-14(17-8-10-20-11-9-17)21-18(25)13-26-19-23-22-15(2)24(19)12-16-6-4-3-5-7-16/h3-11,14H,12-13H2,1-2H3,(H,21,25).